The molecule has 0 spiro atoms. The number of aromatic nitrogens is 7. The second-order valence-corrected chi connectivity index (χ2v) is 7.66. The van der Waals surface area contributed by atoms with Gasteiger partial charge in [0, 0.05) is 35.7 Å². The summed E-state index contributed by atoms with van der Waals surface area (Å²) >= 11 is 0. The highest BCUT2D eigenvalue weighted by atomic mass is 15.4. The zero-order chi connectivity index (χ0) is 22.1. The minimum absolute atomic E-state index is 0.478. The summed E-state index contributed by atoms with van der Waals surface area (Å²) in [6.07, 6.45) is 0. The van der Waals surface area contributed by atoms with Crippen LogP contribution in [0, 0.1) is 27.7 Å². The summed E-state index contributed by atoms with van der Waals surface area (Å²) in [6, 6.07) is 12.3. The Bertz CT molecular complexity index is 1130. The van der Waals surface area contributed by atoms with Crippen LogP contribution in [0.2, 0.25) is 0 Å². The van der Waals surface area contributed by atoms with Crippen LogP contribution in [0.3, 0.4) is 0 Å². The van der Waals surface area contributed by atoms with Gasteiger partial charge in [-0.2, -0.15) is 25.1 Å². The molecule has 4 rings (SSSR count). The van der Waals surface area contributed by atoms with Crippen LogP contribution < -0.4 is 4.90 Å². The largest absolute Gasteiger partial charge is 0.372 e. The molecule has 3 aromatic heterocycles. The molecule has 0 aliphatic rings. The first-order valence-electron chi connectivity index (χ1n) is 10.6. The molecule has 0 fully saturated rings. The first kappa shape index (κ1) is 20.7. The van der Waals surface area contributed by atoms with Crippen LogP contribution >= 0.6 is 0 Å². The third-order valence-electron chi connectivity index (χ3n) is 5.26. The lowest BCUT2D eigenvalue weighted by molar-refractivity contribution is 0.720. The molecule has 0 amide bonds. The van der Waals surface area contributed by atoms with E-state index in [1.807, 2.05) is 39.8 Å². The Balaban J connectivity index is 1.85. The molecule has 0 radical (unpaired) electrons. The van der Waals surface area contributed by atoms with Gasteiger partial charge in [0.15, 0.2) is 5.82 Å². The number of hydrogen-bond donors (Lipinski definition) is 0. The molecule has 160 valence electrons. The fraction of sp³-hybridized carbons (Fsp3) is 0.348. The van der Waals surface area contributed by atoms with Crippen molar-refractivity contribution in [2.24, 2.45) is 0 Å². The van der Waals surface area contributed by atoms with Gasteiger partial charge in [-0.25, -0.2) is 9.36 Å². The molecular weight excluding hydrogens is 388 g/mol. The Morgan fingerprint density at radius 2 is 1.19 bits per heavy atom. The van der Waals surface area contributed by atoms with Gasteiger partial charge >= 0.3 is 0 Å². The van der Waals surface area contributed by atoms with Crippen molar-refractivity contribution in [1.29, 1.82) is 0 Å². The van der Waals surface area contributed by atoms with E-state index in [0.717, 1.165) is 41.4 Å². The van der Waals surface area contributed by atoms with Crippen molar-refractivity contribution >= 4 is 5.69 Å². The zero-order valence-electron chi connectivity index (χ0n) is 19.0. The average Bonchev–Trinajstić information content (AvgIpc) is 3.28. The highest BCUT2D eigenvalue weighted by Crippen LogP contribution is 2.23. The molecule has 1 aromatic carbocycles. The number of rotatable bonds is 6. The van der Waals surface area contributed by atoms with Gasteiger partial charge in [0.2, 0.25) is 0 Å². The van der Waals surface area contributed by atoms with E-state index in [4.69, 9.17) is 15.0 Å². The van der Waals surface area contributed by atoms with Crippen LogP contribution in [0.1, 0.15) is 36.6 Å². The van der Waals surface area contributed by atoms with Crippen LogP contribution in [0.25, 0.3) is 23.3 Å². The minimum Gasteiger partial charge on any atom is -0.372 e. The van der Waals surface area contributed by atoms with Crippen LogP contribution in [-0.4, -0.2) is 47.6 Å². The molecule has 8 heteroatoms. The third kappa shape index (κ3) is 4.05. The van der Waals surface area contributed by atoms with E-state index in [9.17, 15) is 0 Å². The van der Waals surface area contributed by atoms with Gasteiger partial charge in [0.1, 0.15) is 0 Å². The monoisotopic (exact) mass is 416 g/mol. The molecular formula is C23H28N8. The molecule has 0 aliphatic heterocycles. The molecule has 0 aliphatic carbocycles. The molecule has 0 atom stereocenters. The molecule has 31 heavy (non-hydrogen) atoms. The Morgan fingerprint density at radius 3 is 1.58 bits per heavy atom. The first-order valence-corrected chi connectivity index (χ1v) is 10.6. The predicted octanol–water partition coefficient (Wildman–Crippen LogP) is 3.99. The molecule has 4 aromatic rings. The number of anilines is 1. The highest BCUT2D eigenvalue weighted by molar-refractivity contribution is 5.61. The fourth-order valence-electron chi connectivity index (χ4n) is 3.75. The van der Waals surface area contributed by atoms with Gasteiger partial charge in [0.25, 0.3) is 11.9 Å². The zero-order valence-corrected chi connectivity index (χ0v) is 19.0. The molecule has 0 saturated heterocycles. The van der Waals surface area contributed by atoms with Crippen LogP contribution in [0.5, 0.6) is 0 Å². The van der Waals surface area contributed by atoms with Crippen molar-refractivity contribution in [3.05, 3.63) is 59.2 Å². The van der Waals surface area contributed by atoms with Crippen molar-refractivity contribution in [3.8, 4) is 23.3 Å². The predicted molar refractivity (Wildman–Crippen MR) is 122 cm³/mol. The lowest BCUT2D eigenvalue weighted by Gasteiger charge is -2.21. The van der Waals surface area contributed by atoms with Gasteiger partial charge in [0.05, 0.1) is 11.4 Å². The summed E-state index contributed by atoms with van der Waals surface area (Å²) < 4.78 is 3.50. The smallest absolute Gasteiger partial charge is 0.256 e. The Hall–Kier alpha value is -3.55. The molecule has 0 N–H and O–H groups in total. The van der Waals surface area contributed by atoms with E-state index < -0.39 is 0 Å². The molecule has 0 saturated carbocycles. The van der Waals surface area contributed by atoms with Crippen molar-refractivity contribution in [2.45, 2.75) is 41.5 Å². The van der Waals surface area contributed by atoms with Crippen LogP contribution in [-0.2, 0) is 0 Å². The maximum absolute atomic E-state index is 4.75. The Labute approximate surface area is 182 Å². The van der Waals surface area contributed by atoms with E-state index in [0.29, 0.717) is 17.7 Å². The van der Waals surface area contributed by atoms with Gasteiger partial charge in [-0.15, -0.1) is 0 Å². The lowest BCUT2D eigenvalue weighted by Crippen LogP contribution is -2.21. The lowest BCUT2D eigenvalue weighted by atomic mass is 10.2. The summed E-state index contributed by atoms with van der Waals surface area (Å²) in [5.41, 5.74) is 5.85. The topological polar surface area (TPSA) is 77.5 Å². The summed E-state index contributed by atoms with van der Waals surface area (Å²) in [5.74, 6) is 1.54. The Kier molecular flexibility index (Phi) is 5.54. The second-order valence-electron chi connectivity index (χ2n) is 7.66. The highest BCUT2D eigenvalue weighted by Gasteiger charge is 2.16. The van der Waals surface area contributed by atoms with E-state index >= 15 is 0 Å². The van der Waals surface area contributed by atoms with Gasteiger partial charge in [-0.05, 0) is 77.9 Å². The van der Waals surface area contributed by atoms with Crippen LogP contribution in [0.15, 0.2) is 36.4 Å². The molecule has 3 heterocycles. The van der Waals surface area contributed by atoms with Crippen LogP contribution in [0.4, 0.5) is 5.69 Å². The molecule has 0 bridgehead atoms. The number of nitrogens with zero attached hydrogens (tertiary/aromatic N) is 8. The summed E-state index contributed by atoms with van der Waals surface area (Å²) in [6.45, 7) is 14.1. The molecule has 0 unspecified atom stereocenters. The summed E-state index contributed by atoms with van der Waals surface area (Å²) in [4.78, 5) is 16.5. The summed E-state index contributed by atoms with van der Waals surface area (Å²) in [5, 5.41) is 9.13. The van der Waals surface area contributed by atoms with E-state index in [1.165, 1.54) is 5.69 Å². The number of hydrogen-bond acceptors (Lipinski definition) is 6. The average molecular weight is 417 g/mol. The standard InChI is InChI=1S/C23H28N8/c1-7-29(8-2)20-11-9-19(10-12-20)21-24-22(30-17(5)13-15(3)27-30)26-23(25-21)31-18(6)14-16(4)28-31/h9-14H,7-8H2,1-6H3. The van der Waals surface area contributed by atoms with Crippen molar-refractivity contribution < 1.29 is 0 Å². The van der Waals surface area contributed by atoms with Gasteiger partial charge in [-0.1, -0.05) is 0 Å². The minimum atomic E-state index is 0.478. The maximum atomic E-state index is 4.75. The third-order valence-corrected chi connectivity index (χ3v) is 5.26. The van der Waals surface area contributed by atoms with E-state index in [-0.39, 0.29) is 0 Å². The fourth-order valence-corrected chi connectivity index (χ4v) is 3.75. The quantitative estimate of drug-likeness (QED) is 0.473. The molecule has 8 nitrogen and oxygen atoms in total. The van der Waals surface area contributed by atoms with Crippen molar-refractivity contribution in [2.75, 3.05) is 18.0 Å². The van der Waals surface area contributed by atoms with Gasteiger partial charge in [-0.3, -0.25) is 0 Å². The second kappa shape index (κ2) is 8.29. The SMILES string of the molecule is CCN(CC)c1ccc(-c2nc(-n3nc(C)cc3C)nc(-n3nc(C)cc3C)n2)cc1. The van der Waals surface area contributed by atoms with Crippen molar-refractivity contribution in [3.63, 3.8) is 0 Å². The van der Waals surface area contributed by atoms with E-state index in [1.54, 1.807) is 9.36 Å². The number of benzene rings is 1. The summed E-state index contributed by atoms with van der Waals surface area (Å²) in [7, 11) is 0. The number of aryl methyl sites for hydroxylation is 4. The normalized spacial score (nSPS) is 11.2. The first-order chi connectivity index (χ1) is 14.9. The van der Waals surface area contributed by atoms with E-state index in [2.05, 4.69) is 53.2 Å². The Morgan fingerprint density at radius 1 is 0.710 bits per heavy atom. The van der Waals surface area contributed by atoms with Gasteiger partial charge < -0.3 is 4.90 Å². The van der Waals surface area contributed by atoms with Crippen molar-refractivity contribution in [1.82, 2.24) is 34.5 Å². The maximum Gasteiger partial charge on any atom is 0.256 e.